The number of hydrogen-bond acceptors (Lipinski definition) is 3. The van der Waals surface area contributed by atoms with E-state index in [1.54, 1.807) is 16.7 Å². The van der Waals surface area contributed by atoms with E-state index in [9.17, 15) is 9.59 Å². The van der Waals surface area contributed by atoms with Crippen molar-refractivity contribution in [1.29, 1.82) is 0 Å². The first-order valence-electron chi connectivity index (χ1n) is 9.08. The molecule has 4 rings (SSSR count). The maximum Gasteiger partial charge on any atom is 0.229 e. The molecule has 0 radical (unpaired) electrons. The summed E-state index contributed by atoms with van der Waals surface area (Å²) in [5.74, 6) is 0.637. The number of hydrogen-bond donors (Lipinski definition) is 0. The van der Waals surface area contributed by atoms with Gasteiger partial charge in [-0.3, -0.25) is 9.59 Å². The van der Waals surface area contributed by atoms with Gasteiger partial charge in [0, 0.05) is 41.5 Å². The molecule has 140 valence electrons. The van der Waals surface area contributed by atoms with Crippen molar-refractivity contribution in [2.24, 2.45) is 5.92 Å². The van der Waals surface area contributed by atoms with Gasteiger partial charge < -0.3 is 9.80 Å². The van der Waals surface area contributed by atoms with Crippen LogP contribution in [0.25, 0.3) is 0 Å². The van der Waals surface area contributed by atoms with Gasteiger partial charge in [-0.25, -0.2) is 0 Å². The van der Waals surface area contributed by atoms with E-state index in [0.717, 1.165) is 22.6 Å². The maximum atomic E-state index is 13.2. The largest absolute Gasteiger partial charge is 0.325 e. The van der Waals surface area contributed by atoms with Crippen molar-refractivity contribution in [3.05, 3.63) is 64.7 Å². The number of amides is 2. The predicted molar refractivity (Wildman–Crippen MR) is 110 cm³/mol. The molecule has 2 aliphatic rings. The Balaban J connectivity index is 1.52. The molecule has 2 aromatic rings. The van der Waals surface area contributed by atoms with Crippen LogP contribution in [0.5, 0.6) is 0 Å². The summed E-state index contributed by atoms with van der Waals surface area (Å²) in [6, 6.07) is 15.5. The van der Waals surface area contributed by atoms with Crippen LogP contribution in [0.2, 0.25) is 5.02 Å². The second kappa shape index (κ2) is 7.56. The molecule has 0 N–H and O–H groups in total. The van der Waals surface area contributed by atoms with Crippen molar-refractivity contribution >= 4 is 40.9 Å². The van der Waals surface area contributed by atoms with Crippen LogP contribution in [0.1, 0.15) is 22.9 Å². The number of anilines is 1. The van der Waals surface area contributed by atoms with Crippen LogP contribution in [-0.2, 0) is 9.59 Å². The van der Waals surface area contributed by atoms with Crippen LogP contribution in [-0.4, -0.2) is 35.6 Å². The maximum absolute atomic E-state index is 13.2. The van der Waals surface area contributed by atoms with Gasteiger partial charge in [0.15, 0.2) is 0 Å². The van der Waals surface area contributed by atoms with Gasteiger partial charge in [0.25, 0.3) is 0 Å². The number of rotatable bonds is 3. The fraction of sp³-hybridized carbons (Fsp3) is 0.333. The van der Waals surface area contributed by atoms with Crippen molar-refractivity contribution in [3.63, 3.8) is 0 Å². The lowest BCUT2D eigenvalue weighted by Crippen LogP contribution is -2.37. The van der Waals surface area contributed by atoms with Gasteiger partial charge >= 0.3 is 0 Å². The van der Waals surface area contributed by atoms with Gasteiger partial charge in [-0.1, -0.05) is 47.5 Å². The number of benzene rings is 2. The van der Waals surface area contributed by atoms with Gasteiger partial charge in [0.1, 0.15) is 5.37 Å². The quantitative estimate of drug-likeness (QED) is 0.772. The zero-order chi connectivity index (χ0) is 19.0. The van der Waals surface area contributed by atoms with E-state index in [-0.39, 0.29) is 29.5 Å². The van der Waals surface area contributed by atoms with E-state index in [1.807, 2.05) is 60.4 Å². The normalized spacial score (nSPS) is 22.5. The first-order chi connectivity index (χ1) is 13.0. The van der Waals surface area contributed by atoms with Crippen LogP contribution >= 0.6 is 23.4 Å². The highest BCUT2D eigenvalue weighted by atomic mass is 35.5. The average molecular weight is 401 g/mol. The van der Waals surface area contributed by atoms with Crippen LogP contribution in [0.4, 0.5) is 5.69 Å². The molecular formula is C21H21ClN2O2S. The average Bonchev–Trinajstić information content (AvgIpc) is 3.29. The van der Waals surface area contributed by atoms with Crippen molar-refractivity contribution in [3.8, 4) is 0 Å². The molecule has 2 saturated heterocycles. The van der Waals surface area contributed by atoms with Crippen LogP contribution in [0.3, 0.4) is 0 Å². The fourth-order valence-corrected chi connectivity index (χ4v) is 5.31. The Bertz CT molecular complexity index is 871. The summed E-state index contributed by atoms with van der Waals surface area (Å²) in [7, 11) is 0. The Kier molecular flexibility index (Phi) is 5.15. The number of carbonyl (C=O) groups excluding carboxylic acids is 2. The molecule has 4 nitrogen and oxygen atoms in total. The Hall–Kier alpha value is -1.98. The summed E-state index contributed by atoms with van der Waals surface area (Å²) in [6.07, 6.45) is 0.267. The monoisotopic (exact) mass is 400 g/mol. The summed E-state index contributed by atoms with van der Waals surface area (Å²) in [6.45, 7) is 3.15. The SMILES string of the molecule is Cc1ccc(N2CC(C(=O)N3CCSC3c3ccccc3Cl)CC2=O)cc1. The molecule has 0 spiro atoms. The number of carbonyl (C=O) groups is 2. The predicted octanol–water partition coefficient (Wildman–Crippen LogP) is 4.28. The van der Waals surface area contributed by atoms with E-state index < -0.39 is 0 Å². The van der Waals surface area contributed by atoms with Crippen molar-refractivity contribution in [2.75, 3.05) is 23.7 Å². The minimum absolute atomic E-state index is 0.0124. The van der Waals surface area contributed by atoms with Gasteiger partial charge in [0.05, 0.1) is 5.92 Å². The third-order valence-corrected chi connectivity index (χ3v) is 6.75. The second-order valence-electron chi connectivity index (χ2n) is 7.02. The summed E-state index contributed by atoms with van der Waals surface area (Å²) in [5, 5.41) is 0.605. The van der Waals surface area contributed by atoms with Crippen molar-refractivity contribution in [1.82, 2.24) is 4.90 Å². The molecule has 2 atom stereocenters. The van der Waals surface area contributed by atoms with Crippen LogP contribution in [0.15, 0.2) is 48.5 Å². The minimum Gasteiger partial charge on any atom is -0.325 e. The molecule has 0 aliphatic carbocycles. The molecule has 2 unspecified atom stereocenters. The Morgan fingerprint density at radius 1 is 1.15 bits per heavy atom. The molecule has 2 aromatic carbocycles. The third kappa shape index (κ3) is 3.58. The molecule has 0 bridgehead atoms. The number of aryl methyl sites for hydroxylation is 1. The van der Waals surface area contributed by atoms with E-state index in [1.165, 1.54) is 0 Å². The summed E-state index contributed by atoms with van der Waals surface area (Å²) in [4.78, 5) is 29.4. The second-order valence-corrected chi connectivity index (χ2v) is 8.61. The first-order valence-corrected chi connectivity index (χ1v) is 10.5. The Morgan fingerprint density at radius 3 is 2.63 bits per heavy atom. The lowest BCUT2D eigenvalue weighted by molar-refractivity contribution is -0.136. The summed E-state index contributed by atoms with van der Waals surface area (Å²) >= 11 is 8.09. The Morgan fingerprint density at radius 2 is 1.89 bits per heavy atom. The van der Waals surface area contributed by atoms with E-state index in [0.29, 0.717) is 18.1 Å². The molecule has 0 aromatic heterocycles. The van der Waals surface area contributed by atoms with Crippen LogP contribution < -0.4 is 4.90 Å². The Labute approximate surface area is 168 Å². The summed E-state index contributed by atoms with van der Waals surface area (Å²) in [5.41, 5.74) is 2.98. The number of thioether (sulfide) groups is 1. The highest BCUT2D eigenvalue weighted by Gasteiger charge is 2.41. The smallest absolute Gasteiger partial charge is 0.229 e. The molecule has 2 fully saturated rings. The van der Waals surface area contributed by atoms with E-state index in [4.69, 9.17) is 11.6 Å². The molecule has 27 heavy (non-hydrogen) atoms. The zero-order valence-electron chi connectivity index (χ0n) is 15.1. The van der Waals surface area contributed by atoms with E-state index >= 15 is 0 Å². The topological polar surface area (TPSA) is 40.6 Å². The highest BCUT2D eigenvalue weighted by Crippen LogP contribution is 2.42. The van der Waals surface area contributed by atoms with Gasteiger partial charge in [0.2, 0.25) is 11.8 Å². The highest BCUT2D eigenvalue weighted by molar-refractivity contribution is 7.99. The third-order valence-electron chi connectivity index (χ3n) is 5.17. The molecule has 2 amide bonds. The molecule has 0 saturated carbocycles. The van der Waals surface area contributed by atoms with Crippen molar-refractivity contribution in [2.45, 2.75) is 18.7 Å². The number of halogens is 1. The molecule has 2 aliphatic heterocycles. The number of nitrogens with zero attached hydrogens (tertiary/aromatic N) is 2. The lowest BCUT2D eigenvalue weighted by Gasteiger charge is -2.27. The molecule has 2 heterocycles. The fourth-order valence-electron chi connectivity index (χ4n) is 3.71. The standard InChI is InChI=1S/C21H21ClN2O2S/c1-14-6-8-16(9-7-14)24-13-15(12-19(24)25)20(26)23-10-11-27-21(23)17-4-2-3-5-18(17)22/h2-9,15,21H,10-13H2,1H3. The molecular weight excluding hydrogens is 380 g/mol. The van der Waals surface area contributed by atoms with Gasteiger partial charge in [-0.05, 0) is 25.1 Å². The first kappa shape index (κ1) is 18.4. The van der Waals surface area contributed by atoms with E-state index in [2.05, 4.69) is 0 Å². The minimum atomic E-state index is -0.303. The summed E-state index contributed by atoms with van der Waals surface area (Å²) < 4.78 is 0. The van der Waals surface area contributed by atoms with Crippen molar-refractivity contribution < 1.29 is 9.59 Å². The van der Waals surface area contributed by atoms with Crippen LogP contribution in [0, 0.1) is 12.8 Å². The van der Waals surface area contributed by atoms with Gasteiger partial charge in [-0.2, -0.15) is 0 Å². The van der Waals surface area contributed by atoms with Gasteiger partial charge in [-0.15, -0.1) is 11.8 Å². The zero-order valence-corrected chi connectivity index (χ0v) is 16.7. The molecule has 6 heteroatoms. The lowest BCUT2D eigenvalue weighted by atomic mass is 10.1.